The quantitative estimate of drug-likeness (QED) is 0.860. The fraction of sp³-hybridized carbons (Fsp3) is 0.571. The summed E-state index contributed by atoms with van der Waals surface area (Å²) >= 11 is 1.84. The molecule has 2 aliphatic heterocycles. The fourth-order valence-electron chi connectivity index (χ4n) is 2.82. The molecule has 0 aromatic heterocycles. The SMILES string of the molecule is Fc1ccc2c(c1)C(NC1CCCNC1)CCS2. The molecule has 0 saturated carbocycles. The Hall–Kier alpha value is -0.580. The van der Waals surface area contributed by atoms with E-state index >= 15 is 0 Å². The van der Waals surface area contributed by atoms with Crippen molar-refractivity contribution in [3.63, 3.8) is 0 Å². The number of hydrogen-bond acceptors (Lipinski definition) is 3. The molecule has 3 rings (SSSR count). The zero-order valence-corrected chi connectivity index (χ0v) is 11.2. The van der Waals surface area contributed by atoms with E-state index in [1.807, 2.05) is 17.8 Å². The lowest BCUT2D eigenvalue weighted by molar-refractivity contribution is 0.345. The van der Waals surface area contributed by atoms with Crippen LogP contribution in [0.15, 0.2) is 23.1 Å². The van der Waals surface area contributed by atoms with Gasteiger partial charge >= 0.3 is 0 Å². The van der Waals surface area contributed by atoms with Crippen molar-refractivity contribution in [1.29, 1.82) is 0 Å². The molecule has 0 bridgehead atoms. The van der Waals surface area contributed by atoms with Crippen molar-refractivity contribution in [2.45, 2.75) is 36.2 Å². The van der Waals surface area contributed by atoms with Gasteiger partial charge in [-0.15, -0.1) is 11.8 Å². The molecule has 0 spiro atoms. The van der Waals surface area contributed by atoms with Crippen LogP contribution in [0.2, 0.25) is 0 Å². The third-order valence-electron chi connectivity index (χ3n) is 3.75. The molecule has 1 fully saturated rings. The molecule has 1 saturated heterocycles. The molecular formula is C14H19FN2S. The molecular weight excluding hydrogens is 247 g/mol. The summed E-state index contributed by atoms with van der Waals surface area (Å²) in [5.74, 6) is 1.00. The molecule has 0 radical (unpaired) electrons. The molecule has 18 heavy (non-hydrogen) atoms. The van der Waals surface area contributed by atoms with Gasteiger partial charge in [0.15, 0.2) is 0 Å². The normalized spacial score (nSPS) is 27.8. The molecule has 2 atom stereocenters. The number of hydrogen-bond donors (Lipinski definition) is 2. The summed E-state index contributed by atoms with van der Waals surface area (Å²) < 4.78 is 13.4. The highest BCUT2D eigenvalue weighted by Gasteiger charge is 2.24. The zero-order valence-electron chi connectivity index (χ0n) is 10.4. The number of fused-ring (bicyclic) bond motifs is 1. The van der Waals surface area contributed by atoms with Gasteiger partial charge in [-0.1, -0.05) is 0 Å². The van der Waals surface area contributed by atoms with Crippen LogP contribution in [-0.4, -0.2) is 24.9 Å². The summed E-state index contributed by atoms with van der Waals surface area (Å²) in [6.07, 6.45) is 3.55. The van der Waals surface area contributed by atoms with Crippen molar-refractivity contribution in [1.82, 2.24) is 10.6 Å². The third kappa shape index (κ3) is 2.71. The largest absolute Gasteiger partial charge is 0.315 e. The number of halogens is 1. The molecule has 1 aromatic carbocycles. The lowest BCUT2D eigenvalue weighted by Gasteiger charge is -2.32. The molecule has 1 aromatic rings. The lowest BCUT2D eigenvalue weighted by atomic mass is 10.00. The number of rotatable bonds is 2. The van der Waals surface area contributed by atoms with Gasteiger partial charge in [0, 0.05) is 23.5 Å². The van der Waals surface area contributed by atoms with Crippen LogP contribution in [0.3, 0.4) is 0 Å². The molecule has 98 valence electrons. The minimum Gasteiger partial charge on any atom is -0.315 e. The Morgan fingerprint density at radius 2 is 2.28 bits per heavy atom. The minimum atomic E-state index is -0.121. The van der Waals surface area contributed by atoms with Crippen molar-refractivity contribution >= 4 is 11.8 Å². The Morgan fingerprint density at radius 3 is 3.11 bits per heavy atom. The molecule has 2 N–H and O–H groups in total. The Bertz CT molecular complexity index is 418. The highest BCUT2D eigenvalue weighted by atomic mass is 32.2. The van der Waals surface area contributed by atoms with E-state index in [0.29, 0.717) is 12.1 Å². The predicted molar refractivity (Wildman–Crippen MR) is 73.5 cm³/mol. The van der Waals surface area contributed by atoms with Gasteiger partial charge in [0.1, 0.15) is 5.82 Å². The first-order chi connectivity index (χ1) is 8.83. The number of thioether (sulfide) groups is 1. The second-order valence-corrected chi connectivity index (χ2v) is 6.22. The van der Waals surface area contributed by atoms with Gasteiger partial charge in [-0.25, -0.2) is 4.39 Å². The van der Waals surface area contributed by atoms with Crippen LogP contribution >= 0.6 is 11.8 Å². The maximum Gasteiger partial charge on any atom is 0.123 e. The second-order valence-electron chi connectivity index (χ2n) is 5.08. The summed E-state index contributed by atoms with van der Waals surface area (Å²) in [4.78, 5) is 1.24. The Labute approximate surface area is 112 Å². The number of piperidine rings is 1. The van der Waals surface area contributed by atoms with Crippen molar-refractivity contribution < 1.29 is 4.39 Å². The van der Waals surface area contributed by atoms with E-state index in [2.05, 4.69) is 10.6 Å². The average Bonchev–Trinajstić information content (AvgIpc) is 2.41. The summed E-state index contributed by atoms with van der Waals surface area (Å²) in [6, 6.07) is 6.04. The molecule has 4 heteroatoms. The van der Waals surface area contributed by atoms with E-state index in [0.717, 1.165) is 30.8 Å². The fourth-order valence-corrected chi connectivity index (χ4v) is 3.92. The van der Waals surface area contributed by atoms with Gasteiger partial charge in [-0.05, 0) is 55.3 Å². The van der Waals surface area contributed by atoms with Crippen LogP contribution in [-0.2, 0) is 0 Å². The molecule has 0 amide bonds. The first-order valence-corrected chi connectivity index (χ1v) is 7.70. The predicted octanol–water partition coefficient (Wildman–Crippen LogP) is 2.70. The highest BCUT2D eigenvalue weighted by molar-refractivity contribution is 7.99. The maximum absolute atomic E-state index is 13.4. The van der Waals surface area contributed by atoms with Crippen LogP contribution in [0, 0.1) is 5.82 Å². The molecule has 2 aliphatic rings. The molecule has 2 nitrogen and oxygen atoms in total. The van der Waals surface area contributed by atoms with Crippen molar-refractivity contribution in [2.24, 2.45) is 0 Å². The van der Waals surface area contributed by atoms with Crippen LogP contribution in [0.4, 0.5) is 4.39 Å². The second kappa shape index (κ2) is 5.59. The summed E-state index contributed by atoms with van der Waals surface area (Å²) in [5, 5.41) is 7.12. The average molecular weight is 266 g/mol. The third-order valence-corrected chi connectivity index (χ3v) is 4.87. The van der Waals surface area contributed by atoms with E-state index in [1.54, 1.807) is 12.1 Å². The minimum absolute atomic E-state index is 0.121. The van der Waals surface area contributed by atoms with Crippen molar-refractivity contribution in [2.75, 3.05) is 18.8 Å². The maximum atomic E-state index is 13.4. The highest BCUT2D eigenvalue weighted by Crippen LogP contribution is 2.36. The Balaban J connectivity index is 1.75. The van der Waals surface area contributed by atoms with Crippen LogP contribution in [0.1, 0.15) is 30.9 Å². The molecule has 2 unspecified atom stereocenters. The summed E-state index contributed by atoms with van der Waals surface area (Å²) in [6.45, 7) is 2.16. The monoisotopic (exact) mass is 266 g/mol. The first kappa shape index (κ1) is 12.5. The van der Waals surface area contributed by atoms with Gasteiger partial charge in [0.2, 0.25) is 0 Å². The zero-order chi connectivity index (χ0) is 12.4. The van der Waals surface area contributed by atoms with Crippen LogP contribution in [0.25, 0.3) is 0 Å². The van der Waals surface area contributed by atoms with Crippen molar-refractivity contribution in [3.8, 4) is 0 Å². The van der Waals surface area contributed by atoms with E-state index in [4.69, 9.17) is 0 Å². The van der Waals surface area contributed by atoms with Crippen molar-refractivity contribution in [3.05, 3.63) is 29.6 Å². The standard InChI is InChI=1S/C14H19FN2S/c15-10-3-4-14-12(8-10)13(5-7-18-14)17-11-2-1-6-16-9-11/h3-4,8,11,13,16-17H,1-2,5-7,9H2. The van der Waals surface area contributed by atoms with Gasteiger partial charge in [-0.2, -0.15) is 0 Å². The summed E-state index contributed by atoms with van der Waals surface area (Å²) in [5.41, 5.74) is 1.15. The number of nitrogens with one attached hydrogen (secondary N) is 2. The lowest BCUT2D eigenvalue weighted by Crippen LogP contribution is -2.45. The Morgan fingerprint density at radius 1 is 1.33 bits per heavy atom. The van der Waals surface area contributed by atoms with Crippen LogP contribution < -0.4 is 10.6 Å². The van der Waals surface area contributed by atoms with Gasteiger partial charge < -0.3 is 10.6 Å². The molecule has 0 aliphatic carbocycles. The smallest absolute Gasteiger partial charge is 0.123 e. The van der Waals surface area contributed by atoms with Gasteiger partial charge in [-0.3, -0.25) is 0 Å². The van der Waals surface area contributed by atoms with Crippen LogP contribution in [0.5, 0.6) is 0 Å². The van der Waals surface area contributed by atoms with Gasteiger partial charge in [0.25, 0.3) is 0 Å². The van der Waals surface area contributed by atoms with E-state index in [-0.39, 0.29) is 5.82 Å². The molecule has 2 heterocycles. The first-order valence-electron chi connectivity index (χ1n) is 6.72. The summed E-state index contributed by atoms with van der Waals surface area (Å²) in [7, 11) is 0. The van der Waals surface area contributed by atoms with Gasteiger partial charge in [0.05, 0.1) is 0 Å². The number of benzene rings is 1. The van der Waals surface area contributed by atoms with E-state index < -0.39 is 0 Å². The van der Waals surface area contributed by atoms with E-state index in [9.17, 15) is 4.39 Å². The van der Waals surface area contributed by atoms with E-state index in [1.165, 1.54) is 17.7 Å². The Kier molecular flexibility index (Phi) is 3.87. The topological polar surface area (TPSA) is 24.1 Å².